The fourth-order valence-electron chi connectivity index (χ4n) is 1.72. The van der Waals surface area contributed by atoms with Crippen molar-refractivity contribution in [2.24, 2.45) is 0 Å². The van der Waals surface area contributed by atoms with Gasteiger partial charge in [0.1, 0.15) is 12.2 Å². The third kappa shape index (κ3) is 3.38. The van der Waals surface area contributed by atoms with Crippen molar-refractivity contribution in [2.75, 3.05) is 6.61 Å². The summed E-state index contributed by atoms with van der Waals surface area (Å²) in [6.45, 7) is 1.84. The lowest BCUT2D eigenvalue weighted by molar-refractivity contribution is -0.386. The maximum Gasteiger partial charge on any atom is 0.341 e. The van der Waals surface area contributed by atoms with Gasteiger partial charge in [0, 0.05) is 6.07 Å². The fourth-order valence-corrected chi connectivity index (χ4v) is 1.72. The van der Waals surface area contributed by atoms with Gasteiger partial charge in [-0.25, -0.2) is 4.79 Å². The Kier molecular flexibility index (Phi) is 4.55. The number of para-hydroxylation sites is 2. The number of nitro benzene ring substituents is 1. The first-order chi connectivity index (χ1) is 10.1. The van der Waals surface area contributed by atoms with Crippen LogP contribution in [0, 0.1) is 10.1 Å². The molecule has 110 valence electrons. The Morgan fingerprint density at radius 1 is 1.33 bits per heavy atom. The molecule has 1 aromatic carbocycles. The number of carbonyl (C=O) groups is 1. The van der Waals surface area contributed by atoms with Gasteiger partial charge >= 0.3 is 11.7 Å². The van der Waals surface area contributed by atoms with Crippen LogP contribution in [0.1, 0.15) is 23.0 Å². The smallest absolute Gasteiger partial charge is 0.341 e. The minimum atomic E-state index is -0.538. The zero-order valence-electron chi connectivity index (χ0n) is 11.3. The molecule has 0 amide bonds. The average Bonchev–Trinajstić information content (AvgIpc) is 2.94. The Hall–Kier alpha value is -2.83. The van der Waals surface area contributed by atoms with E-state index >= 15 is 0 Å². The summed E-state index contributed by atoms with van der Waals surface area (Å²) >= 11 is 0. The Bertz CT molecular complexity index is 648. The van der Waals surface area contributed by atoms with Gasteiger partial charge in [0.15, 0.2) is 11.5 Å². The Balaban J connectivity index is 2.13. The van der Waals surface area contributed by atoms with E-state index in [-0.39, 0.29) is 36.0 Å². The highest BCUT2D eigenvalue weighted by Gasteiger charge is 2.18. The summed E-state index contributed by atoms with van der Waals surface area (Å²) in [6, 6.07) is 7.45. The molecule has 0 aliphatic rings. The highest BCUT2D eigenvalue weighted by atomic mass is 16.6. The molecule has 2 aromatic rings. The van der Waals surface area contributed by atoms with Crippen molar-refractivity contribution in [3.05, 3.63) is 58.0 Å². The number of hydrogen-bond acceptors (Lipinski definition) is 6. The summed E-state index contributed by atoms with van der Waals surface area (Å²) in [4.78, 5) is 22.0. The first kappa shape index (κ1) is 14.6. The largest absolute Gasteiger partial charge is 0.479 e. The van der Waals surface area contributed by atoms with Gasteiger partial charge in [0.2, 0.25) is 0 Å². The summed E-state index contributed by atoms with van der Waals surface area (Å²) in [7, 11) is 0. The van der Waals surface area contributed by atoms with Crippen LogP contribution < -0.4 is 4.74 Å². The van der Waals surface area contributed by atoms with E-state index in [0.717, 1.165) is 0 Å². The highest BCUT2D eigenvalue weighted by molar-refractivity contribution is 5.90. The van der Waals surface area contributed by atoms with Gasteiger partial charge in [0.25, 0.3) is 0 Å². The summed E-state index contributed by atoms with van der Waals surface area (Å²) in [5, 5.41) is 10.9. The number of ether oxygens (including phenoxy) is 2. The zero-order chi connectivity index (χ0) is 15.2. The van der Waals surface area contributed by atoms with E-state index in [1.54, 1.807) is 19.1 Å². The van der Waals surface area contributed by atoms with E-state index in [2.05, 4.69) is 0 Å². The lowest BCUT2D eigenvalue weighted by Crippen LogP contribution is -2.08. The van der Waals surface area contributed by atoms with Crippen LogP contribution in [0.5, 0.6) is 5.75 Å². The monoisotopic (exact) mass is 291 g/mol. The quantitative estimate of drug-likeness (QED) is 0.461. The van der Waals surface area contributed by atoms with Gasteiger partial charge in [0.05, 0.1) is 17.8 Å². The number of esters is 1. The average molecular weight is 291 g/mol. The fraction of sp³-hybridized carbons (Fsp3) is 0.214. The van der Waals surface area contributed by atoms with Crippen molar-refractivity contribution < 1.29 is 23.6 Å². The molecule has 0 spiro atoms. The summed E-state index contributed by atoms with van der Waals surface area (Å²) < 4.78 is 15.4. The molecule has 0 fully saturated rings. The standard InChI is InChI=1S/C14H13NO6/c1-2-19-14(16)10-7-8-20-13(10)9-21-12-6-4-3-5-11(12)15(17)18/h3-8H,2,9H2,1H3. The Labute approximate surface area is 120 Å². The molecule has 0 aliphatic carbocycles. The third-order valence-corrected chi connectivity index (χ3v) is 2.66. The van der Waals surface area contributed by atoms with Crippen LogP contribution >= 0.6 is 0 Å². The predicted octanol–water partition coefficient (Wildman–Crippen LogP) is 2.94. The molecular weight excluding hydrogens is 278 g/mol. The van der Waals surface area contributed by atoms with E-state index in [1.165, 1.54) is 24.5 Å². The van der Waals surface area contributed by atoms with Crippen LogP contribution in [0.25, 0.3) is 0 Å². The molecule has 21 heavy (non-hydrogen) atoms. The van der Waals surface area contributed by atoms with E-state index in [1.807, 2.05) is 0 Å². The highest BCUT2D eigenvalue weighted by Crippen LogP contribution is 2.27. The minimum Gasteiger partial charge on any atom is -0.479 e. The van der Waals surface area contributed by atoms with Crippen LogP contribution in [0.3, 0.4) is 0 Å². The number of nitrogens with zero attached hydrogens (tertiary/aromatic N) is 1. The topological polar surface area (TPSA) is 91.8 Å². The van der Waals surface area contributed by atoms with Crippen LogP contribution in [-0.4, -0.2) is 17.5 Å². The van der Waals surface area contributed by atoms with E-state index in [0.29, 0.717) is 0 Å². The molecule has 0 bridgehead atoms. The van der Waals surface area contributed by atoms with Gasteiger partial charge in [-0.2, -0.15) is 0 Å². The Morgan fingerprint density at radius 3 is 2.81 bits per heavy atom. The predicted molar refractivity (Wildman–Crippen MR) is 72.1 cm³/mol. The first-order valence-electron chi connectivity index (χ1n) is 6.23. The molecule has 0 radical (unpaired) electrons. The van der Waals surface area contributed by atoms with Gasteiger partial charge in [-0.05, 0) is 19.1 Å². The first-order valence-corrected chi connectivity index (χ1v) is 6.23. The summed E-state index contributed by atoms with van der Waals surface area (Å²) in [5.74, 6) is -0.160. The third-order valence-electron chi connectivity index (χ3n) is 2.66. The second kappa shape index (κ2) is 6.56. The second-order valence-electron chi connectivity index (χ2n) is 3.99. The molecule has 1 heterocycles. The normalized spacial score (nSPS) is 10.1. The number of rotatable bonds is 6. The SMILES string of the molecule is CCOC(=O)c1ccoc1COc1ccccc1[N+](=O)[O-]. The molecule has 0 atom stereocenters. The van der Waals surface area contributed by atoms with Crippen molar-refractivity contribution in [3.63, 3.8) is 0 Å². The van der Waals surface area contributed by atoms with E-state index in [9.17, 15) is 14.9 Å². The van der Waals surface area contributed by atoms with Gasteiger partial charge in [-0.3, -0.25) is 10.1 Å². The van der Waals surface area contributed by atoms with Crippen LogP contribution in [0.15, 0.2) is 41.0 Å². The van der Waals surface area contributed by atoms with E-state index < -0.39 is 10.9 Å². The van der Waals surface area contributed by atoms with Crippen LogP contribution in [0.4, 0.5) is 5.69 Å². The van der Waals surface area contributed by atoms with Crippen molar-refractivity contribution in [3.8, 4) is 5.75 Å². The van der Waals surface area contributed by atoms with Gasteiger partial charge < -0.3 is 13.9 Å². The number of nitro groups is 1. The molecule has 1 aromatic heterocycles. The lowest BCUT2D eigenvalue weighted by Gasteiger charge is -2.06. The number of furan rings is 1. The molecular formula is C14H13NO6. The van der Waals surface area contributed by atoms with Crippen molar-refractivity contribution in [2.45, 2.75) is 13.5 Å². The maximum atomic E-state index is 11.7. The molecule has 0 saturated carbocycles. The number of carbonyl (C=O) groups excluding carboxylic acids is 1. The number of hydrogen-bond donors (Lipinski definition) is 0. The molecule has 0 saturated heterocycles. The summed E-state index contributed by atoms with van der Waals surface area (Å²) in [5.41, 5.74) is 0.0946. The molecule has 0 N–H and O–H groups in total. The van der Waals surface area contributed by atoms with Crippen LogP contribution in [-0.2, 0) is 11.3 Å². The Morgan fingerprint density at radius 2 is 2.10 bits per heavy atom. The van der Waals surface area contributed by atoms with Crippen LogP contribution in [0.2, 0.25) is 0 Å². The van der Waals surface area contributed by atoms with Gasteiger partial charge in [-0.1, -0.05) is 12.1 Å². The molecule has 2 rings (SSSR count). The lowest BCUT2D eigenvalue weighted by atomic mass is 10.2. The number of benzene rings is 1. The zero-order valence-corrected chi connectivity index (χ0v) is 11.3. The maximum absolute atomic E-state index is 11.7. The van der Waals surface area contributed by atoms with Crippen molar-refractivity contribution in [1.82, 2.24) is 0 Å². The molecule has 0 unspecified atom stereocenters. The van der Waals surface area contributed by atoms with Crippen molar-refractivity contribution in [1.29, 1.82) is 0 Å². The molecule has 7 heteroatoms. The summed E-state index contributed by atoms with van der Waals surface area (Å²) in [6.07, 6.45) is 1.34. The minimum absolute atomic E-state index is 0.105. The molecule has 7 nitrogen and oxygen atoms in total. The van der Waals surface area contributed by atoms with Crippen molar-refractivity contribution >= 4 is 11.7 Å². The second-order valence-corrected chi connectivity index (χ2v) is 3.99. The molecule has 0 aliphatic heterocycles. The van der Waals surface area contributed by atoms with E-state index in [4.69, 9.17) is 13.9 Å². The van der Waals surface area contributed by atoms with Gasteiger partial charge in [-0.15, -0.1) is 0 Å².